The van der Waals surface area contributed by atoms with Gasteiger partial charge in [-0.05, 0) is 48.3 Å². The molecule has 4 unspecified atom stereocenters. The minimum atomic E-state index is -0.769. The number of allylic oxidation sites excluding steroid dienone is 2. The van der Waals surface area contributed by atoms with E-state index >= 15 is 0 Å². The van der Waals surface area contributed by atoms with Crippen LogP contribution in [-0.2, 0) is 16.6 Å². The summed E-state index contributed by atoms with van der Waals surface area (Å²) in [6.07, 6.45) is 9.24. The SMILES string of the molecule is CS(=O)Cc1cccc(NCC2CC3C=CC2C3)c1. The van der Waals surface area contributed by atoms with Gasteiger partial charge in [0.1, 0.15) is 0 Å². The second kappa shape index (κ2) is 5.49. The van der Waals surface area contributed by atoms with Gasteiger partial charge in [0.15, 0.2) is 0 Å². The highest BCUT2D eigenvalue weighted by Gasteiger charge is 2.35. The van der Waals surface area contributed by atoms with Gasteiger partial charge >= 0.3 is 0 Å². The van der Waals surface area contributed by atoms with Crippen molar-refractivity contribution in [3.8, 4) is 0 Å². The molecule has 1 saturated carbocycles. The number of benzene rings is 1. The lowest BCUT2D eigenvalue weighted by Crippen LogP contribution is -2.18. The molecule has 3 rings (SSSR count). The molecule has 2 bridgehead atoms. The van der Waals surface area contributed by atoms with Crippen molar-refractivity contribution >= 4 is 16.5 Å². The zero-order valence-electron chi connectivity index (χ0n) is 11.3. The van der Waals surface area contributed by atoms with Crippen LogP contribution in [0.15, 0.2) is 36.4 Å². The molecule has 19 heavy (non-hydrogen) atoms. The van der Waals surface area contributed by atoms with Gasteiger partial charge in [0.05, 0.1) is 0 Å². The molecule has 0 saturated heterocycles. The van der Waals surface area contributed by atoms with Gasteiger partial charge in [-0.2, -0.15) is 0 Å². The van der Waals surface area contributed by atoms with E-state index < -0.39 is 10.8 Å². The molecule has 0 amide bonds. The first-order chi connectivity index (χ1) is 9.20. The fraction of sp³-hybridized carbons (Fsp3) is 0.500. The van der Waals surface area contributed by atoms with Gasteiger partial charge in [-0.25, -0.2) is 0 Å². The Labute approximate surface area is 117 Å². The number of hydrogen-bond acceptors (Lipinski definition) is 2. The molecule has 0 aromatic heterocycles. The van der Waals surface area contributed by atoms with Gasteiger partial charge in [0.25, 0.3) is 0 Å². The average molecular weight is 275 g/mol. The summed E-state index contributed by atoms with van der Waals surface area (Å²) in [5.41, 5.74) is 2.31. The van der Waals surface area contributed by atoms with Crippen LogP contribution in [0, 0.1) is 17.8 Å². The Morgan fingerprint density at radius 2 is 2.21 bits per heavy atom. The Kier molecular flexibility index (Phi) is 3.74. The van der Waals surface area contributed by atoms with Crippen molar-refractivity contribution < 1.29 is 4.21 Å². The van der Waals surface area contributed by atoms with E-state index in [0.717, 1.165) is 35.5 Å². The highest BCUT2D eigenvalue weighted by atomic mass is 32.2. The van der Waals surface area contributed by atoms with Crippen LogP contribution in [0.5, 0.6) is 0 Å². The molecule has 2 nitrogen and oxygen atoms in total. The molecule has 0 radical (unpaired) electrons. The van der Waals surface area contributed by atoms with Gasteiger partial charge in [-0.15, -0.1) is 0 Å². The molecule has 102 valence electrons. The zero-order valence-corrected chi connectivity index (χ0v) is 12.2. The molecular weight excluding hydrogens is 254 g/mol. The average Bonchev–Trinajstić information content (AvgIpc) is 2.98. The highest BCUT2D eigenvalue weighted by molar-refractivity contribution is 7.83. The second-order valence-electron chi connectivity index (χ2n) is 5.84. The quantitative estimate of drug-likeness (QED) is 0.836. The fourth-order valence-electron chi connectivity index (χ4n) is 3.38. The van der Waals surface area contributed by atoms with Crippen molar-refractivity contribution in [2.24, 2.45) is 17.8 Å². The Bertz CT molecular complexity index is 511. The van der Waals surface area contributed by atoms with Crippen LogP contribution >= 0.6 is 0 Å². The molecule has 3 heteroatoms. The number of fused-ring (bicyclic) bond motifs is 2. The van der Waals surface area contributed by atoms with Gasteiger partial charge in [-0.1, -0.05) is 24.3 Å². The first-order valence-corrected chi connectivity index (χ1v) is 8.74. The van der Waals surface area contributed by atoms with Gasteiger partial charge in [0.2, 0.25) is 0 Å². The third-order valence-corrected chi connectivity index (χ3v) is 5.02. The lowest BCUT2D eigenvalue weighted by molar-refractivity contribution is 0.472. The maximum atomic E-state index is 11.3. The lowest BCUT2D eigenvalue weighted by atomic mass is 9.93. The van der Waals surface area contributed by atoms with E-state index in [1.165, 1.54) is 12.8 Å². The van der Waals surface area contributed by atoms with E-state index in [1.807, 2.05) is 12.1 Å². The molecule has 0 aliphatic heterocycles. The van der Waals surface area contributed by atoms with Crippen molar-refractivity contribution in [2.75, 3.05) is 18.1 Å². The second-order valence-corrected chi connectivity index (χ2v) is 7.27. The third-order valence-electron chi connectivity index (χ3n) is 4.28. The van der Waals surface area contributed by atoms with E-state index in [4.69, 9.17) is 0 Å². The van der Waals surface area contributed by atoms with Crippen LogP contribution in [0.3, 0.4) is 0 Å². The molecule has 1 aromatic carbocycles. The molecule has 1 fully saturated rings. The molecule has 1 N–H and O–H groups in total. The summed E-state index contributed by atoms with van der Waals surface area (Å²) in [6.45, 7) is 1.06. The topological polar surface area (TPSA) is 29.1 Å². The highest BCUT2D eigenvalue weighted by Crippen LogP contribution is 2.43. The maximum absolute atomic E-state index is 11.3. The largest absolute Gasteiger partial charge is 0.385 e. The van der Waals surface area contributed by atoms with E-state index in [1.54, 1.807) is 6.26 Å². The Morgan fingerprint density at radius 1 is 1.32 bits per heavy atom. The van der Waals surface area contributed by atoms with Crippen molar-refractivity contribution in [2.45, 2.75) is 18.6 Å². The summed E-state index contributed by atoms with van der Waals surface area (Å²) in [5, 5.41) is 3.55. The zero-order chi connectivity index (χ0) is 13.2. The lowest BCUT2D eigenvalue weighted by Gasteiger charge is -2.19. The van der Waals surface area contributed by atoms with Gasteiger partial charge < -0.3 is 5.32 Å². The van der Waals surface area contributed by atoms with E-state index in [-0.39, 0.29) is 0 Å². The normalized spacial score (nSPS) is 29.6. The molecule has 0 spiro atoms. The van der Waals surface area contributed by atoms with Crippen LogP contribution in [0.1, 0.15) is 18.4 Å². The molecule has 4 atom stereocenters. The van der Waals surface area contributed by atoms with Gasteiger partial charge in [-0.3, -0.25) is 4.21 Å². The first-order valence-electron chi connectivity index (χ1n) is 7.02. The van der Waals surface area contributed by atoms with Crippen molar-refractivity contribution in [3.05, 3.63) is 42.0 Å². The monoisotopic (exact) mass is 275 g/mol. The van der Waals surface area contributed by atoms with Crippen LogP contribution in [-0.4, -0.2) is 17.0 Å². The van der Waals surface area contributed by atoms with Crippen LogP contribution in [0.25, 0.3) is 0 Å². The standard InChI is InChI=1S/C16H21NOS/c1-19(18)11-13-3-2-4-16(9-13)17-10-15-8-12-5-6-14(15)7-12/h2-6,9,12,14-15,17H,7-8,10-11H2,1H3. The molecule has 2 aliphatic rings. The maximum Gasteiger partial charge on any atom is 0.0483 e. The minimum absolute atomic E-state index is 0.645. The number of anilines is 1. The summed E-state index contributed by atoms with van der Waals surface area (Å²) < 4.78 is 11.3. The smallest absolute Gasteiger partial charge is 0.0483 e. The first kappa shape index (κ1) is 12.9. The Hall–Kier alpha value is -1.09. The summed E-state index contributed by atoms with van der Waals surface area (Å²) >= 11 is 0. The Balaban J connectivity index is 1.58. The molecule has 1 aromatic rings. The predicted molar refractivity (Wildman–Crippen MR) is 81.5 cm³/mol. The number of rotatable bonds is 5. The number of nitrogens with one attached hydrogen (secondary N) is 1. The predicted octanol–water partition coefficient (Wildman–Crippen LogP) is 3.19. The molecule has 2 aliphatic carbocycles. The summed E-state index contributed by atoms with van der Waals surface area (Å²) in [7, 11) is -0.769. The van der Waals surface area contributed by atoms with E-state index in [0.29, 0.717) is 5.75 Å². The summed E-state index contributed by atoms with van der Waals surface area (Å²) in [4.78, 5) is 0. The fourth-order valence-corrected chi connectivity index (χ4v) is 4.03. The summed E-state index contributed by atoms with van der Waals surface area (Å²) in [6, 6.07) is 8.33. The third kappa shape index (κ3) is 3.08. The molecular formula is C16H21NOS. The van der Waals surface area contributed by atoms with Gasteiger partial charge in [0, 0.05) is 35.0 Å². The molecule has 0 heterocycles. The van der Waals surface area contributed by atoms with Crippen molar-refractivity contribution in [3.63, 3.8) is 0 Å². The van der Waals surface area contributed by atoms with E-state index in [9.17, 15) is 4.21 Å². The van der Waals surface area contributed by atoms with Crippen LogP contribution < -0.4 is 5.32 Å². The van der Waals surface area contributed by atoms with Crippen LogP contribution in [0.2, 0.25) is 0 Å². The van der Waals surface area contributed by atoms with Crippen LogP contribution in [0.4, 0.5) is 5.69 Å². The van der Waals surface area contributed by atoms with Crippen molar-refractivity contribution in [1.29, 1.82) is 0 Å². The Morgan fingerprint density at radius 3 is 2.89 bits per heavy atom. The number of hydrogen-bond donors (Lipinski definition) is 1. The van der Waals surface area contributed by atoms with E-state index in [2.05, 4.69) is 29.6 Å². The summed E-state index contributed by atoms with van der Waals surface area (Å²) in [5.74, 6) is 3.07. The van der Waals surface area contributed by atoms with Crippen molar-refractivity contribution in [1.82, 2.24) is 0 Å². The minimum Gasteiger partial charge on any atom is -0.385 e.